The van der Waals surface area contributed by atoms with Crippen molar-refractivity contribution in [3.63, 3.8) is 0 Å². The van der Waals surface area contributed by atoms with Crippen LogP contribution in [0, 0.1) is 24.1 Å². The number of nitrogens with zero attached hydrogens (tertiary/aromatic N) is 3. The minimum absolute atomic E-state index is 0.0578. The van der Waals surface area contributed by atoms with Crippen LogP contribution in [0.15, 0.2) is 64.5 Å². The molecule has 0 aliphatic rings. The fraction of sp³-hybridized carbons (Fsp3) is 0.160. The molecule has 4 aromatic rings. The molecule has 0 bridgehead atoms. The molecule has 12 heteroatoms. The number of halogens is 4. The zero-order valence-corrected chi connectivity index (χ0v) is 20.9. The molecule has 0 aliphatic heterocycles. The fourth-order valence-electron chi connectivity index (χ4n) is 3.85. The van der Waals surface area contributed by atoms with E-state index in [1.165, 1.54) is 36.5 Å². The SMILES string of the molecule is Cc1cc(-c2ccc(-c3cc(C(F)(F)F)c(C#N)c(=O)n3Cc3ccccc3F)s2)cnc1S(C)(=O)=O. The van der Waals surface area contributed by atoms with Crippen LogP contribution in [0.1, 0.15) is 22.3 Å². The van der Waals surface area contributed by atoms with Gasteiger partial charge in [0.15, 0.2) is 14.9 Å². The van der Waals surface area contributed by atoms with E-state index >= 15 is 0 Å². The molecule has 3 aromatic heterocycles. The van der Waals surface area contributed by atoms with Crippen molar-refractivity contribution in [2.45, 2.75) is 24.7 Å². The first-order chi connectivity index (χ1) is 17.3. The Labute approximate surface area is 213 Å². The highest BCUT2D eigenvalue weighted by molar-refractivity contribution is 7.90. The summed E-state index contributed by atoms with van der Waals surface area (Å²) in [6.07, 6.45) is -2.60. The Morgan fingerprint density at radius 3 is 2.38 bits per heavy atom. The average Bonchev–Trinajstić information content (AvgIpc) is 3.30. The van der Waals surface area contributed by atoms with Crippen LogP contribution >= 0.6 is 11.3 Å². The number of benzene rings is 1. The molecule has 0 atom stereocenters. The van der Waals surface area contributed by atoms with Crippen LogP contribution in [0.2, 0.25) is 0 Å². The molecule has 0 saturated heterocycles. The largest absolute Gasteiger partial charge is 0.417 e. The van der Waals surface area contributed by atoms with Gasteiger partial charge in [-0.05, 0) is 42.8 Å². The van der Waals surface area contributed by atoms with Crippen LogP contribution < -0.4 is 5.56 Å². The van der Waals surface area contributed by atoms with Crippen molar-refractivity contribution in [2.75, 3.05) is 6.26 Å². The van der Waals surface area contributed by atoms with Gasteiger partial charge in [-0.2, -0.15) is 18.4 Å². The molecule has 0 unspecified atom stereocenters. The third-order valence-electron chi connectivity index (χ3n) is 5.53. The Bertz CT molecular complexity index is 1730. The third-order valence-corrected chi connectivity index (χ3v) is 7.81. The lowest BCUT2D eigenvalue weighted by Crippen LogP contribution is -2.28. The highest BCUT2D eigenvalue weighted by Gasteiger charge is 2.36. The topological polar surface area (TPSA) is 92.8 Å². The molecule has 4 rings (SSSR count). The van der Waals surface area contributed by atoms with Gasteiger partial charge in [0.25, 0.3) is 5.56 Å². The van der Waals surface area contributed by atoms with Gasteiger partial charge >= 0.3 is 6.18 Å². The summed E-state index contributed by atoms with van der Waals surface area (Å²) in [6, 6.07) is 12.3. The summed E-state index contributed by atoms with van der Waals surface area (Å²) >= 11 is 1.04. The van der Waals surface area contributed by atoms with Crippen LogP contribution in [0.25, 0.3) is 21.0 Å². The van der Waals surface area contributed by atoms with Crippen LogP contribution in [-0.4, -0.2) is 24.2 Å². The van der Waals surface area contributed by atoms with Crippen LogP contribution in [0.5, 0.6) is 0 Å². The van der Waals surface area contributed by atoms with E-state index in [0.717, 1.165) is 28.2 Å². The van der Waals surface area contributed by atoms with Crippen LogP contribution in [0.4, 0.5) is 17.6 Å². The average molecular weight is 548 g/mol. The first-order valence-electron chi connectivity index (χ1n) is 10.6. The summed E-state index contributed by atoms with van der Waals surface area (Å²) in [4.78, 5) is 17.9. The number of rotatable bonds is 5. The van der Waals surface area contributed by atoms with E-state index in [4.69, 9.17) is 0 Å². The zero-order valence-electron chi connectivity index (χ0n) is 19.3. The van der Waals surface area contributed by atoms with Crippen molar-refractivity contribution in [1.29, 1.82) is 5.26 Å². The molecule has 0 spiro atoms. The maximum atomic E-state index is 14.4. The van der Waals surface area contributed by atoms with Crippen molar-refractivity contribution in [3.8, 4) is 27.1 Å². The minimum Gasteiger partial charge on any atom is -0.302 e. The Hall–Kier alpha value is -3.82. The van der Waals surface area contributed by atoms with E-state index in [1.807, 2.05) is 0 Å². The molecular weight excluding hydrogens is 530 g/mol. The maximum Gasteiger partial charge on any atom is 0.417 e. The quantitative estimate of drug-likeness (QED) is 0.311. The highest BCUT2D eigenvalue weighted by atomic mass is 32.2. The number of thiophene rings is 1. The molecule has 0 aliphatic carbocycles. The standard InChI is InChI=1S/C25H17F4N3O3S2/c1-14-9-16(12-31-23(14)37(2,34)35)21-7-8-22(36-21)20-10-18(25(27,28)29)17(11-30)24(33)32(20)13-15-5-3-4-6-19(15)26/h3-10,12H,13H2,1-2H3. The number of alkyl halides is 3. The van der Waals surface area contributed by atoms with Gasteiger partial charge in [-0.1, -0.05) is 18.2 Å². The lowest BCUT2D eigenvalue weighted by molar-refractivity contribution is -0.137. The van der Waals surface area contributed by atoms with Gasteiger partial charge < -0.3 is 4.57 Å². The molecule has 190 valence electrons. The lowest BCUT2D eigenvalue weighted by atomic mass is 10.1. The second kappa shape index (κ2) is 9.57. The molecular formula is C25H17F4N3O3S2. The maximum absolute atomic E-state index is 14.4. The van der Waals surface area contributed by atoms with Gasteiger partial charge in [-0.25, -0.2) is 17.8 Å². The number of pyridine rings is 2. The summed E-state index contributed by atoms with van der Waals surface area (Å²) in [5.41, 5.74) is -2.83. The smallest absolute Gasteiger partial charge is 0.302 e. The van der Waals surface area contributed by atoms with E-state index in [1.54, 1.807) is 19.1 Å². The number of aryl methyl sites for hydroxylation is 1. The monoisotopic (exact) mass is 547 g/mol. The Morgan fingerprint density at radius 2 is 1.78 bits per heavy atom. The predicted molar refractivity (Wildman–Crippen MR) is 130 cm³/mol. The number of hydrogen-bond donors (Lipinski definition) is 0. The van der Waals surface area contributed by atoms with Crippen molar-refractivity contribution >= 4 is 21.2 Å². The molecule has 0 amide bonds. The van der Waals surface area contributed by atoms with E-state index in [-0.39, 0.29) is 21.2 Å². The van der Waals surface area contributed by atoms with Gasteiger partial charge in [0.2, 0.25) is 0 Å². The van der Waals surface area contributed by atoms with Crippen molar-refractivity contribution in [2.24, 2.45) is 0 Å². The molecule has 6 nitrogen and oxygen atoms in total. The van der Waals surface area contributed by atoms with E-state index in [2.05, 4.69) is 4.98 Å². The number of sulfone groups is 1. The fourth-order valence-corrected chi connectivity index (χ4v) is 5.75. The Morgan fingerprint density at radius 1 is 1.11 bits per heavy atom. The van der Waals surface area contributed by atoms with E-state index in [0.29, 0.717) is 22.1 Å². The molecule has 37 heavy (non-hydrogen) atoms. The van der Waals surface area contributed by atoms with Gasteiger partial charge in [0, 0.05) is 28.5 Å². The molecule has 0 fully saturated rings. The summed E-state index contributed by atoms with van der Waals surface area (Å²) in [7, 11) is -3.55. The molecule has 0 N–H and O–H groups in total. The summed E-state index contributed by atoms with van der Waals surface area (Å²) in [6.45, 7) is 1.17. The predicted octanol–water partition coefficient (Wildman–Crippen LogP) is 5.43. The zero-order chi connectivity index (χ0) is 27.1. The normalized spacial score (nSPS) is 11.9. The lowest BCUT2D eigenvalue weighted by Gasteiger charge is -2.17. The first kappa shape index (κ1) is 26.2. The Balaban J connectivity index is 1.91. The van der Waals surface area contributed by atoms with Gasteiger partial charge in [0.05, 0.1) is 22.7 Å². The summed E-state index contributed by atoms with van der Waals surface area (Å²) in [5.74, 6) is -0.655. The van der Waals surface area contributed by atoms with Crippen molar-refractivity contribution in [1.82, 2.24) is 9.55 Å². The second-order valence-electron chi connectivity index (χ2n) is 8.19. The number of nitriles is 1. The third kappa shape index (κ3) is 5.19. The molecule has 0 radical (unpaired) electrons. The molecule has 1 aromatic carbocycles. The molecule has 3 heterocycles. The van der Waals surface area contributed by atoms with E-state index in [9.17, 15) is 36.0 Å². The summed E-state index contributed by atoms with van der Waals surface area (Å²) < 4.78 is 80.3. The van der Waals surface area contributed by atoms with Gasteiger partial charge in [-0.3, -0.25) is 4.79 Å². The molecule has 0 saturated carbocycles. The second-order valence-corrected chi connectivity index (χ2v) is 11.2. The van der Waals surface area contributed by atoms with Gasteiger partial charge in [-0.15, -0.1) is 11.3 Å². The number of aromatic nitrogens is 2. The minimum atomic E-state index is -4.97. The number of hydrogen-bond acceptors (Lipinski definition) is 6. The van der Waals surface area contributed by atoms with Crippen molar-refractivity contribution in [3.05, 3.63) is 93.2 Å². The first-order valence-corrected chi connectivity index (χ1v) is 13.3. The summed E-state index contributed by atoms with van der Waals surface area (Å²) in [5, 5.41) is 9.25. The van der Waals surface area contributed by atoms with Crippen LogP contribution in [-0.2, 0) is 22.6 Å². The Kier molecular flexibility index (Phi) is 6.79. The van der Waals surface area contributed by atoms with Crippen molar-refractivity contribution < 1.29 is 26.0 Å². The van der Waals surface area contributed by atoms with Gasteiger partial charge in [0.1, 0.15) is 17.4 Å². The van der Waals surface area contributed by atoms with E-state index < -0.39 is 45.1 Å². The highest BCUT2D eigenvalue weighted by Crippen LogP contribution is 2.38. The van der Waals surface area contributed by atoms with Crippen LogP contribution in [0.3, 0.4) is 0 Å².